The summed E-state index contributed by atoms with van der Waals surface area (Å²) in [7, 11) is -3.99. The highest BCUT2D eigenvalue weighted by molar-refractivity contribution is 7.95. The molecular weight excluding hydrogens is 320 g/mol. The normalized spacial score (nSPS) is 12.3. The van der Waals surface area contributed by atoms with Crippen molar-refractivity contribution in [3.63, 3.8) is 0 Å². The van der Waals surface area contributed by atoms with Gasteiger partial charge in [0.2, 0.25) is 9.84 Å². The minimum Gasteiger partial charge on any atom is -0.373 e. The summed E-state index contributed by atoms with van der Waals surface area (Å²) in [5, 5.41) is 12.1. The van der Waals surface area contributed by atoms with E-state index in [2.05, 4.69) is 11.2 Å². The van der Waals surface area contributed by atoms with Crippen LogP contribution in [0.3, 0.4) is 0 Å². The molecule has 0 aliphatic carbocycles. The predicted molar refractivity (Wildman–Crippen MR) is 87.6 cm³/mol. The Balaban J connectivity index is 3.28. The van der Waals surface area contributed by atoms with Gasteiger partial charge in [0.25, 0.3) is 0 Å². The summed E-state index contributed by atoms with van der Waals surface area (Å²) in [6.45, 7) is 3.78. The molecule has 0 aliphatic heterocycles. The molecule has 4 nitrogen and oxygen atoms in total. The number of halogens is 1. The molecule has 0 amide bonds. The predicted octanol–water partition coefficient (Wildman–Crippen LogP) is 3.26. The minimum atomic E-state index is -3.99. The first-order chi connectivity index (χ1) is 10.4. The van der Waals surface area contributed by atoms with Crippen molar-refractivity contribution in [2.45, 2.75) is 37.1 Å². The topological polar surface area (TPSA) is 70.0 Å². The zero-order valence-corrected chi connectivity index (χ0v) is 14.0. The minimum absolute atomic E-state index is 0.0675. The van der Waals surface area contributed by atoms with Gasteiger partial charge in [-0.25, -0.2) is 8.42 Å². The molecule has 0 unspecified atom stereocenters. The number of nitrogens with one attached hydrogen (secondary N) is 1. The Kier molecular flexibility index (Phi) is 6.05. The Morgan fingerprint density at radius 2 is 2.00 bits per heavy atom. The average molecular weight is 337 g/mol. The Morgan fingerprint density at radius 1 is 1.41 bits per heavy atom. The van der Waals surface area contributed by atoms with E-state index in [9.17, 15) is 13.7 Å². The molecule has 0 radical (unpaired) electrons. The Hall–Kier alpha value is -1.95. The maximum atomic E-state index is 12.5. The number of benzene rings is 1. The number of sulfone groups is 1. The summed E-state index contributed by atoms with van der Waals surface area (Å²) in [6.07, 6.45) is 7.86. The van der Waals surface area contributed by atoms with E-state index < -0.39 is 20.3 Å². The first-order valence-electron chi connectivity index (χ1n) is 6.72. The molecule has 1 aromatic rings. The van der Waals surface area contributed by atoms with Crippen molar-refractivity contribution in [1.29, 1.82) is 5.26 Å². The van der Waals surface area contributed by atoms with E-state index in [4.69, 9.17) is 18.0 Å². The number of terminal acetylenes is 1. The first-order valence-corrected chi connectivity index (χ1v) is 8.58. The molecular formula is C16H17ClN2O2S. The lowest BCUT2D eigenvalue weighted by Gasteiger charge is -2.26. The lowest BCUT2D eigenvalue weighted by atomic mass is 9.94. The van der Waals surface area contributed by atoms with Crippen LogP contribution in [0.15, 0.2) is 40.3 Å². The maximum Gasteiger partial charge on any atom is 0.219 e. The van der Waals surface area contributed by atoms with Crippen LogP contribution >= 0.6 is 11.6 Å². The van der Waals surface area contributed by atoms with E-state index >= 15 is 0 Å². The van der Waals surface area contributed by atoms with Gasteiger partial charge >= 0.3 is 0 Å². The number of allylic oxidation sites excluding steroid dienone is 1. The molecule has 0 aliphatic rings. The van der Waals surface area contributed by atoms with Gasteiger partial charge in [-0.15, -0.1) is 6.42 Å². The fourth-order valence-corrected chi connectivity index (χ4v) is 3.45. The molecule has 1 aromatic carbocycles. The van der Waals surface area contributed by atoms with Crippen molar-refractivity contribution in [2.24, 2.45) is 0 Å². The number of hydrogen-bond donors (Lipinski definition) is 1. The molecule has 0 aromatic heterocycles. The Labute approximate surface area is 136 Å². The van der Waals surface area contributed by atoms with Crippen LogP contribution in [0.2, 0.25) is 5.02 Å². The number of hydrogen-bond acceptors (Lipinski definition) is 4. The fraction of sp³-hybridized carbons (Fsp3) is 0.312. The summed E-state index contributed by atoms with van der Waals surface area (Å²) in [4.78, 5) is -0.535. The third-order valence-electron chi connectivity index (χ3n) is 3.49. The lowest BCUT2D eigenvalue weighted by molar-refractivity contribution is 0.442. The zero-order valence-electron chi connectivity index (χ0n) is 12.4. The molecule has 1 N–H and O–H groups in total. The Bertz CT molecular complexity index is 751. The van der Waals surface area contributed by atoms with Crippen molar-refractivity contribution >= 4 is 21.4 Å². The van der Waals surface area contributed by atoms with Gasteiger partial charge in [-0.05, 0) is 25.0 Å². The summed E-state index contributed by atoms with van der Waals surface area (Å²) >= 11 is 5.91. The van der Waals surface area contributed by atoms with E-state index in [1.165, 1.54) is 12.1 Å². The van der Waals surface area contributed by atoms with Gasteiger partial charge in [0.05, 0.1) is 15.5 Å². The summed E-state index contributed by atoms with van der Waals surface area (Å²) in [5.74, 6) is 2.61. The van der Waals surface area contributed by atoms with Crippen molar-refractivity contribution in [3.8, 4) is 18.4 Å². The van der Waals surface area contributed by atoms with Crippen molar-refractivity contribution in [2.75, 3.05) is 0 Å². The van der Waals surface area contributed by atoms with Gasteiger partial charge in [-0.2, -0.15) is 5.26 Å². The van der Waals surface area contributed by atoms with Gasteiger partial charge in [0, 0.05) is 6.20 Å². The van der Waals surface area contributed by atoms with Crippen LogP contribution in [-0.4, -0.2) is 14.0 Å². The van der Waals surface area contributed by atoms with Crippen LogP contribution in [0.25, 0.3) is 0 Å². The van der Waals surface area contributed by atoms with Crippen LogP contribution < -0.4 is 5.32 Å². The second kappa shape index (κ2) is 7.35. The molecule has 0 heterocycles. The highest BCUT2D eigenvalue weighted by atomic mass is 35.5. The standard InChI is InChI=1S/C16H17ClN2O2S/c1-4-16(5-2,6-3)19-12-13(11-18)22(20,21)15-10-8-7-9-14(15)17/h1,7-10,12,19H,5-6H2,2-3H3/b13-12+. The van der Waals surface area contributed by atoms with E-state index in [0.29, 0.717) is 12.8 Å². The average Bonchev–Trinajstić information content (AvgIpc) is 2.52. The van der Waals surface area contributed by atoms with Gasteiger partial charge < -0.3 is 5.32 Å². The van der Waals surface area contributed by atoms with Gasteiger partial charge in [-0.3, -0.25) is 0 Å². The summed E-state index contributed by atoms with van der Waals surface area (Å²) < 4.78 is 25.0. The second-order valence-corrected chi connectivity index (χ2v) is 6.93. The third-order valence-corrected chi connectivity index (χ3v) is 5.65. The number of rotatable bonds is 6. The largest absolute Gasteiger partial charge is 0.373 e. The highest BCUT2D eigenvalue weighted by Gasteiger charge is 2.26. The van der Waals surface area contributed by atoms with Gasteiger partial charge in [0.1, 0.15) is 6.07 Å². The Morgan fingerprint density at radius 3 is 2.45 bits per heavy atom. The molecule has 22 heavy (non-hydrogen) atoms. The van der Waals surface area contributed by atoms with E-state index in [-0.39, 0.29) is 9.92 Å². The number of nitriles is 1. The third kappa shape index (κ3) is 3.62. The molecule has 0 bridgehead atoms. The monoisotopic (exact) mass is 336 g/mol. The quantitative estimate of drug-likeness (QED) is 0.639. The molecule has 0 spiro atoms. The molecule has 0 saturated carbocycles. The maximum absolute atomic E-state index is 12.5. The zero-order chi connectivity index (χ0) is 16.8. The summed E-state index contributed by atoms with van der Waals surface area (Å²) in [5.41, 5.74) is -0.682. The SMILES string of the molecule is C#CC(CC)(CC)N/C=C(\C#N)S(=O)(=O)c1ccccc1Cl. The molecule has 116 valence electrons. The molecule has 0 saturated heterocycles. The lowest BCUT2D eigenvalue weighted by Crippen LogP contribution is -2.39. The van der Waals surface area contributed by atoms with Crippen LogP contribution in [0, 0.1) is 23.7 Å². The second-order valence-electron chi connectivity index (χ2n) is 4.63. The van der Waals surface area contributed by atoms with E-state index in [0.717, 1.165) is 6.20 Å². The van der Waals surface area contributed by atoms with Gasteiger partial charge in [0.15, 0.2) is 4.91 Å². The van der Waals surface area contributed by atoms with Crippen LogP contribution in [-0.2, 0) is 9.84 Å². The van der Waals surface area contributed by atoms with Crippen molar-refractivity contribution in [3.05, 3.63) is 40.4 Å². The fourth-order valence-electron chi connectivity index (χ4n) is 1.85. The van der Waals surface area contributed by atoms with Crippen molar-refractivity contribution in [1.82, 2.24) is 5.32 Å². The smallest absolute Gasteiger partial charge is 0.219 e. The molecule has 0 atom stereocenters. The van der Waals surface area contributed by atoms with Crippen LogP contribution in [0.1, 0.15) is 26.7 Å². The van der Waals surface area contributed by atoms with Crippen LogP contribution in [0.5, 0.6) is 0 Å². The number of nitrogens with zero attached hydrogens (tertiary/aromatic N) is 1. The van der Waals surface area contributed by atoms with Crippen molar-refractivity contribution < 1.29 is 8.42 Å². The first kappa shape index (κ1) is 18.1. The van der Waals surface area contributed by atoms with E-state index in [1.54, 1.807) is 18.2 Å². The molecule has 1 rings (SSSR count). The highest BCUT2D eigenvalue weighted by Crippen LogP contribution is 2.26. The van der Waals surface area contributed by atoms with Gasteiger partial charge in [-0.1, -0.05) is 43.5 Å². The van der Waals surface area contributed by atoms with Crippen LogP contribution in [0.4, 0.5) is 0 Å². The van der Waals surface area contributed by atoms with E-state index in [1.807, 2.05) is 13.8 Å². The molecule has 6 heteroatoms. The summed E-state index contributed by atoms with van der Waals surface area (Å²) in [6, 6.07) is 7.68. The molecule has 0 fully saturated rings.